The molecular formula is C10H7F3O2. The SMILES string of the molecule is FC(F)(F)Oc1ccc2c(c1)CC=CO2. The highest BCUT2D eigenvalue weighted by Gasteiger charge is 2.31. The van der Waals surface area contributed by atoms with Crippen LogP contribution >= 0.6 is 0 Å². The Balaban J connectivity index is 2.23. The molecule has 1 aliphatic rings. The summed E-state index contributed by atoms with van der Waals surface area (Å²) in [5.41, 5.74) is 0.680. The largest absolute Gasteiger partial charge is 0.573 e. The molecule has 1 heterocycles. The van der Waals surface area contributed by atoms with Gasteiger partial charge in [0.05, 0.1) is 6.26 Å². The predicted molar refractivity (Wildman–Crippen MR) is 46.6 cm³/mol. The lowest BCUT2D eigenvalue weighted by Crippen LogP contribution is -2.17. The highest BCUT2D eigenvalue weighted by atomic mass is 19.4. The zero-order valence-electron chi connectivity index (χ0n) is 7.54. The Bertz CT molecular complexity index is 396. The van der Waals surface area contributed by atoms with Crippen molar-refractivity contribution < 1.29 is 22.6 Å². The van der Waals surface area contributed by atoms with Gasteiger partial charge in [-0.1, -0.05) is 0 Å². The number of hydrogen-bond acceptors (Lipinski definition) is 2. The highest BCUT2D eigenvalue weighted by Crippen LogP contribution is 2.30. The lowest BCUT2D eigenvalue weighted by molar-refractivity contribution is -0.274. The van der Waals surface area contributed by atoms with Crippen molar-refractivity contribution in [3.63, 3.8) is 0 Å². The summed E-state index contributed by atoms with van der Waals surface area (Å²) >= 11 is 0. The number of allylic oxidation sites excluding steroid dienone is 1. The minimum Gasteiger partial charge on any atom is -0.465 e. The number of hydrogen-bond donors (Lipinski definition) is 0. The highest BCUT2D eigenvalue weighted by molar-refractivity contribution is 5.43. The van der Waals surface area contributed by atoms with Crippen molar-refractivity contribution in [2.24, 2.45) is 0 Å². The van der Waals surface area contributed by atoms with Gasteiger partial charge >= 0.3 is 6.36 Å². The zero-order valence-corrected chi connectivity index (χ0v) is 7.54. The molecule has 0 amide bonds. The Kier molecular flexibility index (Phi) is 2.30. The van der Waals surface area contributed by atoms with Crippen molar-refractivity contribution in [1.82, 2.24) is 0 Å². The maximum atomic E-state index is 11.9. The third kappa shape index (κ3) is 2.43. The van der Waals surface area contributed by atoms with Gasteiger partial charge in [0.2, 0.25) is 0 Å². The minimum absolute atomic E-state index is 0.222. The molecule has 0 atom stereocenters. The summed E-state index contributed by atoms with van der Waals surface area (Å²) in [4.78, 5) is 0. The van der Waals surface area contributed by atoms with Crippen LogP contribution in [0.25, 0.3) is 0 Å². The molecule has 0 N–H and O–H groups in total. The topological polar surface area (TPSA) is 18.5 Å². The average Bonchev–Trinajstić information content (AvgIpc) is 2.15. The number of ether oxygens (including phenoxy) is 2. The van der Waals surface area contributed by atoms with Crippen molar-refractivity contribution in [3.05, 3.63) is 36.1 Å². The predicted octanol–water partition coefficient (Wildman–Crippen LogP) is 3.03. The molecule has 0 spiro atoms. The summed E-state index contributed by atoms with van der Waals surface area (Å²) < 4.78 is 44.6. The van der Waals surface area contributed by atoms with E-state index in [1.54, 1.807) is 6.08 Å². The second-order valence-electron chi connectivity index (χ2n) is 3.01. The molecule has 1 aromatic rings. The number of benzene rings is 1. The van der Waals surface area contributed by atoms with Gasteiger partial charge in [-0.3, -0.25) is 0 Å². The van der Waals surface area contributed by atoms with Crippen LogP contribution in [-0.2, 0) is 6.42 Å². The molecule has 15 heavy (non-hydrogen) atoms. The van der Waals surface area contributed by atoms with E-state index < -0.39 is 6.36 Å². The molecule has 1 aliphatic heterocycles. The summed E-state index contributed by atoms with van der Waals surface area (Å²) in [7, 11) is 0. The maximum absolute atomic E-state index is 11.9. The van der Waals surface area contributed by atoms with Gasteiger partial charge in [-0.2, -0.15) is 0 Å². The van der Waals surface area contributed by atoms with Crippen molar-refractivity contribution in [1.29, 1.82) is 0 Å². The molecule has 2 rings (SSSR count). The van der Waals surface area contributed by atoms with Crippen LogP contribution in [0.3, 0.4) is 0 Å². The standard InChI is InChI=1S/C10H7F3O2/c11-10(12,13)15-8-3-4-9-7(6-8)2-1-5-14-9/h1,3-6H,2H2. The Morgan fingerprint density at radius 3 is 2.80 bits per heavy atom. The number of alkyl halides is 3. The quantitative estimate of drug-likeness (QED) is 0.718. The lowest BCUT2D eigenvalue weighted by Gasteiger charge is -2.14. The average molecular weight is 216 g/mol. The zero-order chi connectivity index (χ0) is 10.9. The molecule has 80 valence electrons. The van der Waals surface area contributed by atoms with Crippen LogP contribution in [0.2, 0.25) is 0 Å². The summed E-state index contributed by atoms with van der Waals surface area (Å²) in [5, 5.41) is 0. The summed E-state index contributed by atoms with van der Waals surface area (Å²) in [6.07, 6.45) is -0.879. The third-order valence-corrected chi connectivity index (χ3v) is 1.89. The smallest absolute Gasteiger partial charge is 0.465 e. The van der Waals surface area contributed by atoms with Crippen molar-refractivity contribution in [2.75, 3.05) is 0 Å². The first kappa shape index (κ1) is 9.89. The Labute approximate surface area is 83.9 Å². The molecule has 0 aromatic heterocycles. The second kappa shape index (κ2) is 3.49. The molecule has 0 fully saturated rings. The van der Waals surface area contributed by atoms with Crippen molar-refractivity contribution in [3.8, 4) is 11.5 Å². The Morgan fingerprint density at radius 2 is 2.07 bits per heavy atom. The Hall–Kier alpha value is -1.65. The van der Waals surface area contributed by atoms with Gasteiger partial charge in [0.25, 0.3) is 0 Å². The summed E-state index contributed by atoms with van der Waals surface area (Å²) in [5.74, 6) is 0.340. The van der Waals surface area contributed by atoms with Crippen LogP contribution in [0.1, 0.15) is 5.56 Å². The van der Waals surface area contributed by atoms with Gasteiger partial charge in [-0.15, -0.1) is 13.2 Å². The third-order valence-electron chi connectivity index (χ3n) is 1.89. The molecule has 2 nitrogen and oxygen atoms in total. The summed E-state index contributed by atoms with van der Waals surface area (Å²) in [6, 6.07) is 4.01. The van der Waals surface area contributed by atoms with E-state index in [0.717, 1.165) is 0 Å². The van der Waals surface area contributed by atoms with Crippen LogP contribution in [0.5, 0.6) is 11.5 Å². The van der Waals surface area contributed by atoms with E-state index in [2.05, 4.69) is 4.74 Å². The fourth-order valence-corrected chi connectivity index (χ4v) is 1.32. The van der Waals surface area contributed by atoms with E-state index in [1.807, 2.05) is 0 Å². The molecule has 0 unspecified atom stereocenters. The van der Waals surface area contributed by atoms with Crippen LogP contribution in [0.15, 0.2) is 30.5 Å². The molecule has 0 aliphatic carbocycles. The van der Waals surface area contributed by atoms with E-state index >= 15 is 0 Å². The van der Waals surface area contributed by atoms with Gasteiger partial charge in [0.15, 0.2) is 0 Å². The first-order valence-electron chi connectivity index (χ1n) is 4.25. The monoisotopic (exact) mass is 216 g/mol. The van der Waals surface area contributed by atoms with Crippen molar-refractivity contribution in [2.45, 2.75) is 12.8 Å². The maximum Gasteiger partial charge on any atom is 0.573 e. The van der Waals surface area contributed by atoms with E-state index in [1.165, 1.54) is 24.5 Å². The van der Waals surface area contributed by atoms with Crippen LogP contribution in [0.4, 0.5) is 13.2 Å². The normalized spacial score (nSPS) is 14.3. The van der Waals surface area contributed by atoms with E-state index in [4.69, 9.17) is 4.74 Å². The first-order chi connectivity index (χ1) is 7.04. The van der Waals surface area contributed by atoms with Gasteiger partial charge in [0.1, 0.15) is 11.5 Å². The molecule has 5 heteroatoms. The van der Waals surface area contributed by atoms with Gasteiger partial charge in [-0.25, -0.2) is 0 Å². The number of rotatable bonds is 1. The van der Waals surface area contributed by atoms with E-state index in [-0.39, 0.29) is 5.75 Å². The van der Waals surface area contributed by atoms with Crippen LogP contribution < -0.4 is 9.47 Å². The number of halogens is 3. The van der Waals surface area contributed by atoms with Crippen molar-refractivity contribution >= 4 is 0 Å². The Morgan fingerprint density at radius 1 is 1.27 bits per heavy atom. The second-order valence-corrected chi connectivity index (χ2v) is 3.01. The fraction of sp³-hybridized carbons (Fsp3) is 0.200. The molecule has 1 aromatic carbocycles. The number of fused-ring (bicyclic) bond motifs is 1. The van der Waals surface area contributed by atoms with Gasteiger partial charge in [-0.05, 0) is 30.7 Å². The van der Waals surface area contributed by atoms with Gasteiger partial charge < -0.3 is 9.47 Å². The molecule has 0 bridgehead atoms. The lowest BCUT2D eigenvalue weighted by atomic mass is 10.1. The van der Waals surface area contributed by atoms with E-state index in [0.29, 0.717) is 17.7 Å². The van der Waals surface area contributed by atoms with Gasteiger partial charge in [0, 0.05) is 5.56 Å². The minimum atomic E-state index is -4.65. The van der Waals surface area contributed by atoms with Crippen LogP contribution in [0, 0.1) is 0 Å². The van der Waals surface area contributed by atoms with Crippen LogP contribution in [-0.4, -0.2) is 6.36 Å². The first-order valence-corrected chi connectivity index (χ1v) is 4.25. The van der Waals surface area contributed by atoms with E-state index in [9.17, 15) is 13.2 Å². The molecule has 0 saturated carbocycles. The molecule has 0 radical (unpaired) electrons. The fourth-order valence-electron chi connectivity index (χ4n) is 1.32. The summed E-state index contributed by atoms with van der Waals surface area (Å²) in [6.45, 7) is 0. The molecular weight excluding hydrogens is 209 g/mol. The molecule has 0 saturated heterocycles.